The lowest BCUT2D eigenvalue weighted by Crippen LogP contribution is -2.46. The van der Waals surface area contributed by atoms with Crippen molar-refractivity contribution in [2.45, 2.75) is 24.4 Å². The molecular formula is C20H20N4O3S. The van der Waals surface area contributed by atoms with Gasteiger partial charge in [0.2, 0.25) is 11.8 Å². The Labute approximate surface area is 166 Å². The molecule has 2 aliphatic heterocycles. The van der Waals surface area contributed by atoms with Crippen molar-refractivity contribution in [3.63, 3.8) is 0 Å². The molecule has 2 aromatic rings. The van der Waals surface area contributed by atoms with E-state index in [0.29, 0.717) is 17.9 Å². The lowest BCUT2D eigenvalue weighted by atomic mass is 10.1. The van der Waals surface area contributed by atoms with E-state index >= 15 is 0 Å². The Morgan fingerprint density at radius 3 is 2.86 bits per heavy atom. The van der Waals surface area contributed by atoms with Gasteiger partial charge in [-0.25, -0.2) is 0 Å². The molecule has 28 heavy (non-hydrogen) atoms. The highest BCUT2D eigenvalue weighted by molar-refractivity contribution is 7.99. The molecule has 2 aliphatic rings. The lowest BCUT2D eigenvalue weighted by Gasteiger charge is -2.22. The number of nitrogens with one attached hydrogen (secondary N) is 2. The molecule has 0 radical (unpaired) electrons. The number of thioether (sulfide) groups is 1. The lowest BCUT2D eigenvalue weighted by molar-refractivity contribution is -0.125. The Morgan fingerprint density at radius 2 is 2.04 bits per heavy atom. The van der Waals surface area contributed by atoms with E-state index in [0.717, 1.165) is 11.1 Å². The molecule has 0 bridgehead atoms. The zero-order valence-electron chi connectivity index (χ0n) is 15.1. The predicted molar refractivity (Wildman–Crippen MR) is 105 cm³/mol. The van der Waals surface area contributed by atoms with Gasteiger partial charge < -0.3 is 15.5 Å². The van der Waals surface area contributed by atoms with Gasteiger partial charge in [0.1, 0.15) is 11.4 Å². The van der Waals surface area contributed by atoms with E-state index < -0.39 is 6.04 Å². The zero-order valence-corrected chi connectivity index (χ0v) is 15.9. The summed E-state index contributed by atoms with van der Waals surface area (Å²) in [5, 5.41) is 5.50. The maximum atomic E-state index is 12.7. The molecule has 1 saturated heterocycles. The van der Waals surface area contributed by atoms with Gasteiger partial charge in [-0.15, -0.1) is 11.8 Å². The third-order valence-electron chi connectivity index (χ3n) is 4.86. The summed E-state index contributed by atoms with van der Waals surface area (Å²) in [6.45, 7) is 0.640. The number of carbonyl (C=O) groups is 3. The van der Waals surface area contributed by atoms with Crippen LogP contribution < -0.4 is 10.6 Å². The summed E-state index contributed by atoms with van der Waals surface area (Å²) in [5.41, 5.74) is 2.57. The fourth-order valence-corrected chi connectivity index (χ4v) is 4.92. The quantitative estimate of drug-likeness (QED) is 0.772. The van der Waals surface area contributed by atoms with E-state index in [1.807, 2.05) is 30.3 Å². The Morgan fingerprint density at radius 1 is 1.18 bits per heavy atom. The molecule has 2 atom stereocenters. The molecule has 3 amide bonds. The molecule has 1 aromatic carbocycles. The van der Waals surface area contributed by atoms with Crippen LogP contribution in [0.1, 0.15) is 33.3 Å². The average Bonchev–Trinajstić information content (AvgIpc) is 3.28. The van der Waals surface area contributed by atoms with Crippen molar-refractivity contribution in [2.75, 3.05) is 12.3 Å². The standard InChI is InChI=1S/C20H20N4O3S/c25-17(23-11-13-4-3-8-21-10-13)7-9-22-18(26)16-12-28-20-15-6-2-1-5-14(15)19(27)24(16)20/h1-6,8,10,16,20H,7,9,11-12H2,(H,22,26)(H,23,25)/t16-,20+/m0/s1. The number of nitrogens with zero attached hydrogens (tertiary/aromatic N) is 2. The first-order valence-corrected chi connectivity index (χ1v) is 10.2. The Kier molecular flexibility index (Phi) is 5.29. The first kappa shape index (κ1) is 18.5. The number of amides is 3. The van der Waals surface area contributed by atoms with Gasteiger partial charge in [0.25, 0.3) is 5.91 Å². The summed E-state index contributed by atoms with van der Waals surface area (Å²) in [6, 6.07) is 10.7. The molecule has 4 rings (SSSR count). The van der Waals surface area contributed by atoms with Gasteiger partial charge in [-0.2, -0.15) is 0 Å². The smallest absolute Gasteiger partial charge is 0.256 e. The molecule has 0 unspecified atom stereocenters. The fraction of sp³-hybridized carbons (Fsp3) is 0.300. The van der Waals surface area contributed by atoms with Crippen LogP contribution in [0.3, 0.4) is 0 Å². The zero-order chi connectivity index (χ0) is 19.5. The molecule has 0 saturated carbocycles. The van der Waals surface area contributed by atoms with Crippen molar-refractivity contribution in [3.05, 3.63) is 65.5 Å². The topological polar surface area (TPSA) is 91.4 Å². The second-order valence-electron chi connectivity index (χ2n) is 6.68. The molecular weight excluding hydrogens is 376 g/mol. The fourth-order valence-electron chi connectivity index (χ4n) is 3.45. The van der Waals surface area contributed by atoms with Crippen molar-refractivity contribution in [1.29, 1.82) is 0 Å². The number of rotatable bonds is 6. The maximum absolute atomic E-state index is 12.7. The minimum absolute atomic E-state index is 0.0952. The number of fused-ring (bicyclic) bond motifs is 3. The molecule has 3 heterocycles. The maximum Gasteiger partial charge on any atom is 0.256 e. The normalized spacial score (nSPS) is 19.9. The SMILES string of the molecule is O=C(CCNC(=O)[C@@H]1CS[C@@H]2c3ccccc3C(=O)N21)NCc1cccnc1. The van der Waals surface area contributed by atoms with Crippen LogP contribution in [0.25, 0.3) is 0 Å². The van der Waals surface area contributed by atoms with E-state index in [4.69, 9.17) is 0 Å². The van der Waals surface area contributed by atoms with E-state index in [1.54, 1.807) is 35.1 Å². The first-order valence-electron chi connectivity index (χ1n) is 9.11. The number of pyridine rings is 1. The number of hydrogen-bond donors (Lipinski definition) is 2. The van der Waals surface area contributed by atoms with Crippen LogP contribution in [-0.4, -0.2) is 45.9 Å². The van der Waals surface area contributed by atoms with Crippen molar-refractivity contribution in [1.82, 2.24) is 20.5 Å². The van der Waals surface area contributed by atoms with Crippen molar-refractivity contribution in [3.8, 4) is 0 Å². The van der Waals surface area contributed by atoms with Crippen molar-refractivity contribution >= 4 is 29.5 Å². The van der Waals surface area contributed by atoms with E-state index in [2.05, 4.69) is 15.6 Å². The number of hydrogen-bond acceptors (Lipinski definition) is 5. The van der Waals surface area contributed by atoms with Crippen LogP contribution in [0.2, 0.25) is 0 Å². The molecule has 144 valence electrons. The minimum atomic E-state index is -0.506. The molecule has 1 fully saturated rings. The molecule has 2 N–H and O–H groups in total. The number of benzene rings is 1. The molecule has 0 aliphatic carbocycles. The van der Waals surface area contributed by atoms with E-state index in [9.17, 15) is 14.4 Å². The highest BCUT2D eigenvalue weighted by atomic mass is 32.2. The second-order valence-corrected chi connectivity index (χ2v) is 7.79. The summed E-state index contributed by atoms with van der Waals surface area (Å²) >= 11 is 1.60. The Bertz CT molecular complexity index is 905. The van der Waals surface area contributed by atoms with Crippen LogP contribution in [0.5, 0.6) is 0 Å². The third kappa shape index (κ3) is 3.60. The summed E-state index contributed by atoms with van der Waals surface area (Å²) in [4.78, 5) is 42.9. The Hall–Kier alpha value is -2.87. The summed E-state index contributed by atoms with van der Waals surface area (Å²) in [6.07, 6.45) is 3.56. The van der Waals surface area contributed by atoms with Crippen LogP contribution in [0, 0.1) is 0 Å². The first-order chi connectivity index (χ1) is 13.6. The average molecular weight is 396 g/mol. The van der Waals surface area contributed by atoms with Gasteiger partial charge in [0, 0.05) is 43.2 Å². The van der Waals surface area contributed by atoms with Gasteiger partial charge >= 0.3 is 0 Å². The van der Waals surface area contributed by atoms with Gasteiger partial charge in [-0.1, -0.05) is 24.3 Å². The summed E-state index contributed by atoms with van der Waals surface area (Å²) in [7, 11) is 0. The number of aromatic nitrogens is 1. The van der Waals surface area contributed by atoms with Crippen LogP contribution in [0.15, 0.2) is 48.8 Å². The van der Waals surface area contributed by atoms with Gasteiger partial charge in [0.15, 0.2) is 0 Å². The van der Waals surface area contributed by atoms with Crippen molar-refractivity contribution in [2.24, 2.45) is 0 Å². The summed E-state index contributed by atoms with van der Waals surface area (Å²) < 4.78 is 0. The minimum Gasteiger partial charge on any atom is -0.354 e. The number of carbonyl (C=O) groups excluding carboxylic acids is 3. The highest BCUT2D eigenvalue weighted by Gasteiger charge is 2.48. The molecule has 7 nitrogen and oxygen atoms in total. The molecule has 1 aromatic heterocycles. The van der Waals surface area contributed by atoms with E-state index in [1.165, 1.54) is 0 Å². The molecule has 8 heteroatoms. The van der Waals surface area contributed by atoms with Gasteiger partial charge in [-0.05, 0) is 23.3 Å². The third-order valence-corrected chi connectivity index (χ3v) is 6.16. The van der Waals surface area contributed by atoms with Gasteiger partial charge in [0.05, 0.1) is 0 Å². The highest BCUT2D eigenvalue weighted by Crippen LogP contribution is 2.47. The monoisotopic (exact) mass is 396 g/mol. The van der Waals surface area contributed by atoms with Crippen LogP contribution in [-0.2, 0) is 16.1 Å². The van der Waals surface area contributed by atoms with Crippen LogP contribution >= 0.6 is 11.8 Å². The molecule has 0 spiro atoms. The Balaban J connectivity index is 1.26. The van der Waals surface area contributed by atoms with Gasteiger partial charge in [-0.3, -0.25) is 19.4 Å². The van der Waals surface area contributed by atoms with Crippen LogP contribution in [0.4, 0.5) is 0 Å². The van der Waals surface area contributed by atoms with Crippen molar-refractivity contribution < 1.29 is 14.4 Å². The second kappa shape index (κ2) is 8.02. The van der Waals surface area contributed by atoms with E-state index in [-0.39, 0.29) is 36.1 Å². The largest absolute Gasteiger partial charge is 0.354 e. The predicted octanol–water partition coefficient (Wildman–Crippen LogP) is 1.47. The summed E-state index contributed by atoms with van der Waals surface area (Å²) in [5.74, 6) is 0.104.